The van der Waals surface area contributed by atoms with Crippen molar-refractivity contribution in [2.45, 2.75) is 31.9 Å². The smallest absolute Gasteiger partial charge is 0.191 e. The fraction of sp³-hybridized carbons (Fsp3) is 0.588. The Kier molecular flexibility index (Phi) is 11.8. The first kappa shape index (κ1) is 22.8. The first-order chi connectivity index (χ1) is 11.7. The molecule has 0 unspecified atom stereocenters. The van der Waals surface area contributed by atoms with Crippen LogP contribution in [0.4, 0.5) is 0 Å². The Bertz CT molecular complexity index is 541. The summed E-state index contributed by atoms with van der Waals surface area (Å²) < 4.78 is 11.2. The van der Waals surface area contributed by atoms with Crippen LogP contribution in [0.5, 0.6) is 0 Å². The number of guanidine groups is 1. The standard InChI is InChI=1S/C17H25Cl2N3O2.HI/c1-20-17(22-12-13-3-4-14(18)11-16(13)19)21-7-2-8-24-15-5-9-23-10-6-15;/h3-4,11,15H,2,5-10,12H2,1H3,(H2,20,21,22);1H. The average Bonchev–Trinajstić information content (AvgIpc) is 2.59. The van der Waals surface area contributed by atoms with Crippen LogP contribution in [0.25, 0.3) is 0 Å². The molecule has 1 fully saturated rings. The number of aliphatic imine (C=N–C) groups is 1. The lowest BCUT2D eigenvalue weighted by Gasteiger charge is -2.22. The van der Waals surface area contributed by atoms with Gasteiger partial charge in [0, 0.05) is 50.0 Å². The quantitative estimate of drug-likeness (QED) is 0.258. The van der Waals surface area contributed by atoms with Crippen LogP contribution in [0.2, 0.25) is 10.0 Å². The summed E-state index contributed by atoms with van der Waals surface area (Å²) >= 11 is 12.1. The highest BCUT2D eigenvalue weighted by molar-refractivity contribution is 14.0. The molecule has 1 aromatic carbocycles. The molecule has 0 aromatic heterocycles. The zero-order valence-corrected chi connectivity index (χ0v) is 18.2. The van der Waals surface area contributed by atoms with E-state index >= 15 is 0 Å². The van der Waals surface area contributed by atoms with E-state index in [1.54, 1.807) is 13.1 Å². The van der Waals surface area contributed by atoms with E-state index in [0.717, 1.165) is 57.2 Å². The molecular weight excluding hydrogens is 476 g/mol. The fourth-order valence-electron chi connectivity index (χ4n) is 2.44. The number of ether oxygens (including phenoxy) is 2. The summed E-state index contributed by atoms with van der Waals surface area (Å²) in [6, 6.07) is 5.48. The Labute approximate surface area is 176 Å². The second kappa shape index (κ2) is 13.0. The number of rotatable bonds is 7. The molecule has 8 heteroatoms. The van der Waals surface area contributed by atoms with Crippen LogP contribution < -0.4 is 10.6 Å². The summed E-state index contributed by atoms with van der Waals surface area (Å²) in [7, 11) is 1.75. The van der Waals surface area contributed by atoms with Crippen LogP contribution in [0, 0.1) is 0 Å². The van der Waals surface area contributed by atoms with Crippen LogP contribution in [0.3, 0.4) is 0 Å². The van der Waals surface area contributed by atoms with E-state index < -0.39 is 0 Å². The fourth-order valence-corrected chi connectivity index (χ4v) is 2.91. The minimum absolute atomic E-state index is 0. The Morgan fingerprint density at radius 2 is 2.04 bits per heavy atom. The molecule has 0 spiro atoms. The highest BCUT2D eigenvalue weighted by atomic mass is 127. The van der Waals surface area contributed by atoms with Crippen molar-refractivity contribution in [2.24, 2.45) is 4.99 Å². The predicted molar refractivity (Wildman–Crippen MR) is 114 cm³/mol. The van der Waals surface area contributed by atoms with Crippen molar-refractivity contribution in [3.63, 3.8) is 0 Å². The van der Waals surface area contributed by atoms with Crippen molar-refractivity contribution in [3.05, 3.63) is 33.8 Å². The average molecular weight is 502 g/mol. The van der Waals surface area contributed by atoms with Gasteiger partial charge < -0.3 is 20.1 Å². The molecule has 0 aliphatic carbocycles. The molecule has 1 aliphatic heterocycles. The number of hydrogen-bond donors (Lipinski definition) is 2. The Morgan fingerprint density at radius 3 is 2.72 bits per heavy atom. The maximum atomic E-state index is 6.17. The van der Waals surface area contributed by atoms with Gasteiger partial charge in [0.2, 0.25) is 0 Å². The highest BCUT2D eigenvalue weighted by Crippen LogP contribution is 2.20. The first-order valence-corrected chi connectivity index (χ1v) is 9.02. The lowest BCUT2D eigenvalue weighted by atomic mass is 10.1. The lowest BCUT2D eigenvalue weighted by molar-refractivity contribution is -0.0320. The Balaban J connectivity index is 0.00000312. The van der Waals surface area contributed by atoms with E-state index in [1.165, 1.54) is 0 Å². The molecule has 0 bridgehead atoms. The van der Waals surface area contributed by atoms with Crippen LogP contribution in [0.1, 0.15) is 24.8 Å². The number of nitrogens with one attached hydrogen (secondary N) is 2. The molecule has 142 valence electrons. The molecule has 1 aliphatic rings. The van der Waals surface area contributed by atoms with Crippen molar-refractivity contribution in [1.29, 1.82) is 0 Å². The van der Waals surface area contributed by atoms with Crippen molar-refractivity contribution in [1.82, 2.24) is 10.6 Å². The van der Waals surface area contributed by atoms with Gasteiger partial charge in [0.1, 0.15) is 0 Å². The molecule has 25 heavy (non-hydrogen) atoms. The maximum absolute atomic E-state index is 6.17. The van der Waals surface area contributed by atoms with Crippen LogP contribution in [-0.2, 0) is 16.0 Å². The van der Waals surface area contributed by atoms with Gasteiger partial charge in [-0.2, -0.15) is 0 Å². The maximum Gasteiger partial charge on any atom is 0.191 e. The van der Waals surface area contributed by atoms with E-state index in [0.29, 0.717) is 22.7 Å². The molecule has 2 rings (SSSR count). The van der Waals surface area contributed by atoms with Gasteiger partial charge in [-0.25, -0.2) is 0 Å². The van der Waals surface area contributed by atoms with Crippen LogP contribution >= 0.6 is 47.2 Å². The van der Waals surface area contributed by atoms with Gasteiger partial charge in [0.25, 0.3) is 0 Å². The molecule has 5 nitrogen and oxygen atoms in total. The largest absolute Gasteiger partial charge is 0.381 e. The summed E-state index contributed by atoms with van der Waals surface area (Å²) in [5.74, 6) is 0.743. The monoisotopic (exact) mass is 501 g/mol. The summed E-state index contributed by atoms with van der Waals surface area (Å²) in [5.41, 5.74) is 0.979. The normalized spacial score (nSPS) is 15.6. The molecule has 1 aromatic rings. The van der Waals surface area contributed by atoms with Gasteiger partial charge in [0.15, 0.2) is 5.96 Å². The zero-order chi connectivity index (χ0) is 17.2. The lowest BCUT2D eigenvalue weighted by Crippen LogP contribution is -2.37. The van der Waals surface area contributed by atoms with E-state index in [2.05, 4.69) is 15.6 Å². The first-order valence-electron chi connectivity index (χ1n) is 8.27. The third kappa shape index (κ3) is 8.77. The summed E-state index contributed by atoms with van der Waals surface area (Å²) in [5, 5.41) is 7.80. The van der Waals surface area contributed by atoms with Gasteiger partial charge in [-0.05, 0) is 37.0 Å². The molecular formula is C17H26Cl2IN3O2. The number of nitrogens with zero attached hydrogens (tertiary/aromatic N) is 1. The molecule has 0 radical (unpaired) electrons. The van der Waals surface area contributed by atoms with E-state index in [4.69, 9.17) is 32.7 Å². The van der Waals surface area contributed by atoms with Crippen molar-refractivity contribution < 1.29 is 9.47 Å². The summed E-state index contributed by atoms with van der Waals surface area (Å²) in [6.07, 6.45) is 3.28. The number of benzene rings is 1. The summed E-state index contributed by atoms with van der Waals surface area (Å²) in [6.45, 7) is 3.77. The van der Waals surface area contributed by atoms with Gasteiger partial charge in [-0.3, -0.25) is 4.99 Å². The molecule has 0 atom stereocenters. The molecule has 1 saturated heterocycles. The Hall–Kier alpha value is -0.280. The van der Waals surface area contributed by atoms with E-state index in [9.17, 15) is 0 Å². The van der Waals surface area contributed by atoms with Gasteiger partial charge >= 0.3 is 0 Å². The predicted octanol–water partition coefficient (Wildman–Crippen LogP) is 3.86. The summed E-state index contributed by atoms with van der Waals surface area (Å²) in [4.78, 5) is 4.21. The molecule has 2 N–H and O–H groups in total. The molecule has 0 saturated carbocycles. The second-order valence-corrected chi connectivity index (χ2v) is 6.47. The Morgan fingerprint density at radius 1 is 1.28 bits per heavy atom. The zero-order valence-electron chi connectivity index (χ0n) is 14.4. The highest BCUT2D eigenvalue weighted by Gasteiger charge is 2.13. The van der Waals surface area contributed by atoms with Crippen LogP contribution in [-0.4, -0.2) is 45.5 Å². The number of halogens is 3. The third-order valence-electron chi connectivity index (χ3n) is 3.82. The van der Waals surface area contributed by atoms with Gasteiger partial charge in [0.05, 0.1) is 6.10 Å². The second-order valence-electron chi connectivity index (χ2n) is 5.62. The minimum Gasteiger partial charge on any atom is -0.381 e. The topological polar surface area (TPSA) is 54.9 Å². The van der Waals surface area contributed by atoms with Gasteiger partial charge in [-0.15, -0.1) is 24.0 Å². The van der Waals surface area contributed by atoms with Gasteiger partial charge in [-0.1, -0.05) is 29.3 Å². The van der Waals surface area contributed by atoms with Crippen molar-refractivity contribution in [3.8, 4) is 0 Å². The minimum atomic E-state index is 0. The van der Waals surface area contributed by atoms with E-state index in [1.807, 2.05) is 12.1 Å². The van der Waals surface area contributed by atoms with Crippen LogP contribution in [0.15, 0.2) is 23.2 Å². The SMILES string of the molecule is CN=C(NCCCOC1CCOCC1)NCc1ccc(Cl)cc1Cl.I. The molecule has 1 heterocycles. The number of hydrogen-bond acceptors (Lipinski definition) is 3. The van der Waals surface area contributed by atoms with Crippen molar-refractivity contribution >= 4 is 53.1 Å². The van der Waals surface area contributed by atoms with E-state index in [-0.39, 0.29) is 24.0 Å². The third-order valence-corrected chi connectivity index (χ3v) is 4.41. The van der Waals surface area contributed by atoms with Crippen molar-refractivity contribution in [2.75, 3.05) is 33.4 Å². The molecule has 0 amide bonds.